The van der Waals surface area contributed by atoms with Crippen molar-refractivity contribution in [3.05, 3.63) is 59.1 Å². The minimum Gasteiger partial charge on any atom is -0.399 e. The van der Waals surface area contributed by atoms with E-state index < -0.39 is 0 Å². The second kappa shape index (κ2) is 6.25. The maximum atomic E-state index is 11.8. The highest BCUT2D eigenvalue weighted by molar-refractivity contribution is 6.30. The number of halogens is 1. The summed E-state index contributed by atoms with van der Waals surface area (Å²) in [5.74, 6) is -0.0273. The number of carbonyl (C=O) groups excluding carboxylic acids is 1. The summed E-state index contributed by atoms with van der Waals surface area (Å²) in [6.07, 6.45) is 1.11. The summed E-state index contributed by atoms with van der Waals surface area (Å²) in [5, 5.41) is 3.52. The first-order chi connectivity index (χ1) is 9.13. The molecular weight excluding hydrogens is 260 g/mol. The summed E-state index contributed by atoms with van der Waals surface area (Å²) in [4.78, 5) is 11.8. The third-order valence-corrected chi connectivity index (χ3v) is 2.98. The van der Waals surface area contributed by atoms with Gasteiger partial charge in [-0.25, -0.2) is 0 Å². The number of nitrogens with one attached hydrogen (secondary N) is 1. The molecule has 1 amide bonds. The van der Waals surface area contributed by atoms with E-state index in [1.165, 1.54) is 0 Å². The first kappa shape index (κ1) is 13.4. The molecule has 0 saturated carbocycles. The van der Waals surface area contributed by atoms with Crippen LogP contribution in [0.1, 0.15) is 12.0 Å². The molecule has 98 valence electrons. The molecule has 2 aromatic carbocycles. The number of benzene rings is 2. The normalized spacial score (nSPS) is 10.2. The van der Waals surface area contributed by atoms with Crippen LogP contribution >= 0.6 is 11.6 Å². The van der Waals surface area contributed by atoms with Crippen molar-refractivity contribution in [1.29, 1.82) is 0 Å². The SMILES string of the molecule is Nc1cccc(NC(=O)CCc2ccc(Cl)cc2)c1. The molecule has 0 bridgehead atoms. The molecule has 0 heterocycles. The van der Waals surface area contributed by atoms with Crippen LogP contribution in [0.4, 0.5) is 11.4 Å². The molecule has 0 atom stereocenters. The van der Waals surface area contributed by atoms with E-state index in [-0.39, 0.29) is 5.91 Å². The van der Waals surface area contributed by atoms with E-state index in [9.17, 15) is 4.79 Å². The van der Waals surface area contributed by atoms with Gasteiger partial charge in [0.25, 0.3) is 0 Å². The summed E-state index contributed by atoms with van der Waals surface area (Å²) in [6.45, 7) is 0. The third-order valence-electron chi connectivity index (χ3n) is 2.72. The van der Waals surface area contributed by atoms with Gasteiger partial charge >= 0.3 is 0 Å². The van der Waals surface area contributed by atoms with Crippen LogP contribution in [0.25, 0.3) is 0 Å². The highest BCUT2D eigenvalue weighted by Gasteiger charge is 2.03. The summed E-state index contributed by atoms with van der Waals surface area (Å²) in [7, 11) is 0. The predicted molar refractivity (Wildman–Crippen MR) is 79.3 cm³/mol. The topological polar surface area (TPSA) is 55.1 Å². The fraction of sp³-hybridized carbons (Fsp3) is 0.133. The molecule has 4 heteroatoms. The number of amides is 1. The Morgan fingerprint density at radius 3 is 2.58 bits per heavy atom. The molecule has 2 aromatic rings. The molecule has 0 aromatic heterocycles. The number of rotatable bonds is 4. The number of anilines is 2. The smallest absolute Gasteiger partial charge is 0.224 e. The standard InChI is InChI=1S/C15H15ClN2O/c16-12-7-4-11(5-8-12)6-9-15(19)18-14-3-1-2-13(17)10-14/h1-5,7-8,10H,6,9,17H2,(H,18,19). The van der Waals surface area contributed by atoms with Crippen molar-refractivity contribution in [2.45, 2.75) is 12.8 Å². The van der Waals surface area contributed by atoms with Crippen molar-refractivity contribution in [2.24, 2.45) is 0 Å². The second-order valence-corrected chi connectivity index (χ2v) is 4.74. The van der Waals surface area contributed by atoms with Gasteiger partial charge in [0.15, 0.2) is 0 Å². The van der Waals surface area contributed by atoms with Crippen molar-refractivity contribution in [3.8, 4) is 0 Å². The van der Waals surface area contributed by atoms with Gasteiger partial charge in [-0.1, -0.05) is 29.8 Å². The molecule has 0 saturated heterocycles. The molecule has 0 radical (unpaired) electrons. The van der Waals surface area contributed by atoms with Crippen LogP contribution in [-0.2, 0) is 11.2 Å². The molecule has 0 fully saturated rings. The van der Waals surface area contributed by atoms with Gasteiger partial charge in [-0.15, -0.1) is 0 Å². The Bertz CT molecular complexity index is 567. The molecule has 3 nitrogen and oxygen atoms in total. The maximum absolute atomic E-state index is 11.8. The third kappa shape index (κ3) is 4.30. The lowest BCUT2D eigenvalue weighted by atomic mass is 10.1. The van der Waals surface area contributed by atoms with Gasteiger partial charge in [-0.2, -0.15) is 0 Å². The van der Waals surface area contributed by atoms with Gasteiger partial charge in [0.1, 0.15) is 0 Å². The fourth-order valence-electron chi connectivity index (χ4n) is 1.75. The van der Waals surface area contributed by atoms with Crippen molar-refractivity contribution in [1.82, 2.24) is 0 Å². The van der Waals surface area contributed by atoms with Crippen LogP contribution in [0.15, 0.2) is 48.5 Å². The zero-order chi connectivity index (χ0) is 13.7. The van der Waals surface area contributed by atoms with E-state index >= 15 is 0 Å². The van der Waals surface area contributed by atoms with Crippen molar-refractivity contribution in [3.63, 3.8) is 0 Å². The molecule has 0 aliphatic rings. The summed E-state index contributed by atoms with van der Waals surface area (Å²) >= 11 is 5.81. The molecule has 0 aliphatic heterocycles. The van der Waals surface area contributed by atoms with E-state index in [1.54, 1.807) is 12.1 Å². The van der Waals surface area contributed by atoms with Crippen LogP contribution in [0.5, 0.6) is 0 Å². The van der Waals surface area contributed by atoms with Crippen molar-refractivity contribution < 1.29 is 4.79 Å². The van der Waals surface area contributed by atoms with Crippen LogP contribution in [0.3, 0.4) is 0 Å². The predicted octanol–water partition coefficient (Wildman–Crippen LogP) is 3.49. The Morgan fingerprint density at radius 2 is 1.89 bits per heavy atom. The summed E-state index contributed by atoms with van der Waals surface area (Å²) in [6, 6.07) is 14.6. The average Bonchev–Trinajstić information content (AvgIpc) is 2.38. The van der Waals surface area contributed by atoms with Crippen molar-refractivity contribution >= 4 is 28.9 Å². The van der Waals surface area contributed by atoms with Gasteiger partial charge in [-0.3, -0.25) is 4.79 Å². The number of hydrogen-bond acceptors (Lipinski definition) is 2. The fourth-order valence-corrected chi connectivity index (χ4v) is 1.87. The minimum atomic E-state index is -0.0273. The molecule has 2 rings (SSSR count). The lowest BCUT2D eigenvalue weighted by Gasteiger charge is -2.06. The summed E-state index contributed by atoms with van der Waals surface area (Å²) in [5.41, 5.74) is 8.10. The first-order valence-electron chi connectivity index (χ1n) is 6.03. The highest BCUT2D eigenvalue weighted by Crippen LogP contribution is 2.14. The van der Waals surface area contributed by atoms with E-state index in [1.807, 2.05) is 36.4 Å². The summed E-state index contributed by atoms with van der Waals surface area (Å²) < 4.78 is 0. The monoisotopic (exact) mass is 274 g/mol. The molecule has 0 unspecified atom stereocenters. The Hall–Kier alpha value is -2.00. The molecule has 0 spiro atoms. The average molecular weight is 275 g/mol. The van der Waals surface area contributed by atoms with Gasteiger partial charge in [0, 0.05) is 22.8 Å². The largest absolute Gasteiger partial charge is 0.399 e. The number of carbonyl (C=O) groups is 1. The van der Waals surface area contributed by atoms with Crippen LogP contribution < -0.4 is 11.1 Å². The Kier molecular flexibility index (Phi) is 4.42. The zero-order valence-corrected chi connectivity index (χ0v) is 11.2. The number of nitrogen functional groups attached to an aromatic ring is 1. The number of nitrogens with two attached hydrogens (primary N) is 1. The Morgan fingerprint density at radius 1 is 1.16 bits per heavy atom. The van der Waals surface area contributed by atoms with Gasteiger partial charge < -0.3 is 11.1 Å². The van der Waals surface area contributed by atoms with Crippen LogP contribution in [-0.4, -0.2) is 5.91 Å². The second-order valence-electron chi connectivity index (χ2n) is 4.30. The molecule has 3 N–H and O–H groups in total. The van der Waals surface area contributed by atoms with Crippen LogP contribution in [0.2, 0.25) is 5.02 Å². The number of hydrogen-bond donors (Lipinski definition) is 2. The molecular formula is C15H15ClN2O. The maximum Gasteiger partial charge on any atom is 0.224 e. The Labute approximate surface area is 117 Å². The van der Waals surface area contributed by atoms with E-state index in [0.29, 0.717) is 23.6 Å². The quantitative estimate of drug-likeness (QED) is 0.839. The number of aryl methyl sites for hydroxylation is 1. The van der Waals surface area contributed by atoms with Crippen molar-refractivity contribution in [2.75, 3.05) is 11.1 Å². The highest BCUT2D eigenvalue weighted by atomic mass is 35.5. The van der Waals surface area contributed by atoms with Crippen LogP contribution in [0, 0.1) is 0 Å². The van der Waals surface area contributed by atoms with Gasteiger partial charge in [0.2, 0.25) is 5.91 Å². The molecule has 0 aliphatic carbocycles. The van der Waals surface area contributed by atoms with Gasteiger partial charge in [-0.05, 0) is 42.3 Å². The zero-order valence-electron chi connectivity index (χ0n) is 10.4. The van der Waals surface area contributed by atoms with E-state index in [2.05, 4.69) is 5.32 Å². The minimum absolute atomic E-state index is 0.0273. The Balaban J connectivity index is 1.86. The van der Waals surface area contributed by atoms with E-state index in [0.717, 1.165) is 11.3 Å². The van der Waals surface area contributed by atoms with Gasteiger partial charge in [0.05, 0.1) is 0 Å². The first-order valence-corrected chi connectivity index (χ1v) is 6.41. The lowest BCUT2D eigenvalue weighted by Crippen LogP contribution is -2.12. The lowest BCUT2D eigenvalue weighted by molar-refractivity contribution is -0.116. The van der Waals surface area contributed by atoms with E-state index in [4.69, 9.17) is 17.3 Å². The molecule has 19 heavy (non-hydrogen) atoms.